The fraction of sp³-hybridized carbons (Fsp3) is 0. The quantitative estimate of drug-likeness (QED) is 0.494. The molecule has 0 nitrogen and oxygen atoms in total. The molecule has 0 saturated carbocycles. The summed E-state index contributed by atoms with van der Waals surface area (Å²) in [7, 11) is 0. The van der Waals surface area contributed by atoms with Crippen LogP contribution in [-0.4, -0.2) is 19.8 Å². The Morgan fingerprint density at radius 2 is 1.00 bits per heavy atom. The molecule has 0 aromatic rings. The summed E-state index contributed by atoms with van der Waals surface area (Å²) in [6, 6.07) is 0. The van der Waals surface area contributed by atoms with Crippen LogP contribution in [0.2, 0.25) is 0 Å². The van der Waals surface area contributed by atoms with E-state index in [1.165, 1.54) is 0 Å². The second-order valence-electron chi connectivity index (χ2n) is 0. The second-order valence-corrected chi connectivity index (χ2v) is 0. The predicted molar refractivity (Wildman–Crippen MR) is 9.94 cm³/mol. The molecular weight excluding hydrogens is 300 g/mol. The Balaban J connectivity index is 0. The average Bonchev–Trinajstić information content (AvgIpc) is 0. The van der Waals surface area contributed by atoms with Crippen molar-refractivity contribution in [3.05, 3.63) is 0 Å². The number of hydrogen-bond acceptors (Lipinski definition) is 0. The summed E-state index contributed by atoms with van der Waals surface area (Å²) in [5, 5.41) is 0. The average molecular weight is 303 g/mol. The minimum atomic E-state index is 0. The van der Waals surface area contributed by atoms with Crippen LogP contribution >= 0.6 is 0 Å². The van der Waals surface area contributed by atoms with Gasteiger partial charge in [-0.25, -0.2) is 0 Å². The van der Waals surface area contributed by atoms with E-state index in [9.17, 15) is 0 Å². The molecule has 0 aliphatic heterocycles. The Morgan fingerprint density at radius 3 is 1.00 bits per heavy atom. The molecule has 0 amide bonds. The minimum absolute atomic E-state index is 0. The standard InChI is InChI=1S/Ag.Cu.Ga.Ni.3H. The zero-order chi connectivity index (χ0) is 0. The number of rotatable bonds is 0. The monoisotopic (exact) mass is 300 g/mol. The third-order valence-corrected chi connectivity index (χ3v) is 0. The molecule has 0 aliphatic carbocycles. The van der Waals surface area contributed by atoms with Gasteiger partial charge in [0, 0.05) is 55.9 Å². The van der Waals surface area contributed by atoms with Gasteiger partial charge in [-0.1, -0.05) is 0 Å². The Morgan fingerprint density at radius 1 is 1.00 bits per heavy atom. The van der Waals surface area contributed by atoms with E-state index in [-0.39, 0.29) is 75.7 Å². The Kier molecular flexibility index (Phi) is 148. The van der Waals surface area contributed by atoms with E-state index in [4.69, 9.17) is 0 Å². The second kappa shape index (κ2) is 18.2. The largest absolute Gasteiger partial charge is 0 e. The van der Waals surface area contributed by atoms with Gasteiger partial charge < -0.3 is 0 Å². The fourth-order valence-electron chi connectivity index (χ4n) is 0. The summed E-state index contributed by atoms with van der Waals surface area (Å²) in [6.45, 7) is 0. The fourth-order valence-corrected chi connectivity index (χ4v) is 0. The van der Waals surface area contributed by atoms with E-state index in [1.807, 2.05) is 0 Å². The molecule has 0 heterocycles. The van der Waals surface area contributed by atoms with E-state index in [2.05, 4.69) is 0 Å². The summed E-state index contributed by atoms with van der Waals surface area (Å²) in [5.74, 6) is 0. The van der Waals surface area contributed by atoms with Gasteiger partial charge in [0.2, 0.25) is 0 Å². The van der Waals surface area contributed by atoms with Crippen LogP contribution in [-0.2, 0) is 55.9 Å². The molecule has 38 valence electrons. The van der Waals surface area contributed by atoms with Crippen molar-refractivity contribution in [2.75, 3.05) is 0 Å². The SMILES string of the molecule is [Ag].[Cu].[GaH3].[Ni]. The maximum absolute atomic E-state index is 0. The molecule has 0 rings (SSSR count). The molecule has 0 saturated heterocycles. The summed E-state index contributed by atoms with van der Waals surface area (Å²) < 4.78 is 0. The van der Waals surface area contributed by atoms with Crippen molar-refractivity contribution in [3.63, 3.8) is 0 Å². The van der Waals surface area contributed by atoms with E-state index >= 15 is 0 Å². The van der Waals surface area contributed by atoms with Crippen LogP contribution in [0.25, 0.3) is 0 Å². The van der Waals surface area contributed by atoms with E-state index in [1.54, 1.807) is 0 Å². The van der Waals surface area contributed by atoms with E-state index in [0.29, 0.717) is 0 Å². The molecule has 0 N–H and O–H groups in total. The summed E-state index contributed by atoms with van der Waals surface area (Å²) >= 11 is 0. The molecule has 0 fully saturated rings. The first kappa shape index (κ1) is 32.5. The Hall–Kier alpha value is 2.39. The number of hydrogen-bond donors (Lipinski definition) is 0. The zero-order valence-electron chi connectivity index (χ0n) is 0.919. The van der Waals surface area contributed by atoms with E-state index < -0.39 is 0 Å². The third-order valence-electron chi connectivity index (χ3n) is 0. The van der Waals surface area contributed by atoms with Crippen LogP contribution in [0.3, 0.4) is 0 Å². The van der Waals surface area contributed by atoms with Gasteiger partial charge in [-0.3, -0.25) is 0 Å². The first-order chi connectivity index (χ1) is 0. The van der Waals surface area contributed by atoms with Gasteiger partial charge in [0.05, 0.1) is 0 Å². The first-order valence-electron chi connectivity index (χ1n) is 0. The third kappa shape index (κ3) is 8.83. The van der Waals surface area contributed by atoms with Crippen molar-refractivity contribution < 1.29 is 55.9 Å². The smallest absolute Gasteiger partial charge is 0 e. The predicted octanol–water partition coefficient (Wildman–Crippen LogP) is -1.19. The van der Waals surface area contributed by atoms with Gasteiger partial charge >= 0.3 is 19.8 Å². The Bertz CT molecular complexity index is 8.00. The van der Waals surface area contributed by atoms with Crippen LogP contribution in [0, 0.1) is 0 Å². The van der Waals surface area contributed by atoms with Crippen LogP contribution < -0.4 is 0 Å². The molecular formula is H3AgCuGaNi. The molecule has 0 aromatic heterocycles. The molecule has 4 heavy (non-hydrogen) atoms. The topological polar surface area (TPSA) is 0 Å². The van der Waals surface area contributed by atoms with Crippen molar-refractivity contribution in [1.29, 1.82) is 0 Å². The molecule has 0 unspecified atom stereocenters. The van der Waals surface area contributed by atoms with Crippen LogP contribution in [0.4, 0.5) is 0 Å². The molecule has 0 spiro atoms. The molecule has 0 bridgehead atoms. The van der Waals surface area contributed by atoms with Gasteiger partial charge in [-0.05, 0) is 0 Å². The van der Waals surface area contributed by atoms with Crippen molar-refractivity contribution in [3.8, 4) is 0 Å². The van der Waals surface area contributed by atoms with Crippen molar-refractivity contribution >= 4 is 19.8 Å². The van der Waals surface area contributed by atoms with Gasteiger partial charge in [0.1, 0.15) is 0 Å². The zero-order valence-corrected chi connectivity index (χ0v) is 4.33. The van der Waals surface area contributed by atoms with Crippen molar-refractivity contribution in [2.24, 2.45) is 0 Å². The van der Waals surface area contributed by atoms with Gasteiger partial charge in [-0.2, -0.15) is 0 Å². The summed E-state index contributed by atoms with van der Waals surface area (Å²) in [6.07, 6.45) is 0. The maximum atomic E-state index is 0. The molecule has 0 aliphatic rings. The first-order valence-corrected chi connectivity index (χ1v) is 0. The molecule has 2 radical (unpaired) electrons. The minimum Gasteiger partial charge on any atom is 0 e. The van der Waals surface area contributed by atoms with Crippen LogP contribution in [0.15, 0.2) is 0 Å². The van der Waals surface area contributed by atoms with Gasteiger partial charge in [-0.15, -0.1) is 0 Å². The van der Waals surface area contributed by atoms with Crippen molar-refractivity contribution in [1.82, 2.24) is 0 Å². The van der Waals surface area contributed by atoms with Crippen LogP contribution in [0.5, 0.6) is 0 Å². The normalized spacial score (nSPS) is 0. The summed E-state index contributed by atoms with van der Waals surface area (Å²) in [5.41, 5.74) is 0. The molecule has 4 heteroatoms. The van der Waals surface area contributed by atoms with Crippen LogP contribution in [0.1, 0.15) is 0 Å². The van der Waals surface area contributed by atoms with Crippen molar-refractivity contribution in [2.45, 2.75) is 0 Å². The van der Waals surface area contributed by atoms with Gasteiger partial charge in [0.25, 0.3) is 0 Å². The molecule has 0 aromatic carbocycles. The maximum Gasteiger partial charge on any atom is 0 e. The molecule has 0 atom stereocenters. The van der Waals surface area contributed by atoms with Gasteiger partial charge in [0.15, 0.2) is 0 Å². The summed E-state index contributed by atoms with van der Waals surface area (Å²) in [4.78, 5) is 0. The Labute approximate surface area is 74.8 Å². The van der Waals surface area contributed by atoms with E-state index in [0.717, 1.165) is 0 Å².